The first-order chi connectivity index (χ1) is 17.9. The van der Waals surface area contributed by atoms with Gasteiger partial charge in [0, 0.05) is 27.8 Å². The summed E-state index contributed by atoms with van der Waals surface area (Å²) in [7, 11) is 0. The number of rotatable bonds is 5. The van der Waals surface area contributed by atoms with Gasteiger partial charge in [0.15, 0.2) is 0 Å². The molecule has 2 aromatic rings. The number of esters is 1. The zero-order valence-electron chi connectivity index (χ0n) is 22.4. The fourth-order valence-corrected chi connectivity index (χ4v) is 6.90. The maximum atomic E-state index is 13.4. The van der Waals surface area contributed by atoms with Crippen molar-refractivity contribution in [2.75, 3.05) is 0 Å². The van der Waals surface area contributed by atoms with Gasteiger partial charge in [-0.3, -0.25) is 9.69 Å². The van der Waals surface area contributed by atoms with Gasteiger partial charge in [0.05, 0.1) is 11.6 Å². The van der Waals surface area contributed by atoms with Crippen LogP contribution in [0.15, 0.2) is 30.3 Å². The molecule has 1 N–H and O–H groups in total. The van der Waals surface area contributed by atoms with Gasteiger partial charge in [0.2, 0.25) is 5.91 Å². The zero-order chi connectivity index (χ0) is 27.4. The highest BCUT2D eigenvalue weighted by molar-refractivity contribution is 7.15. The molecule has 0 spiro atoms. The number of carbonyl (C=O) groups is 3. The van der Waals surface area contributed by atoms with Crippen LogP contribution < -0.4 is 5.32 Å². The van der Waals surface area contributed by atoms with E-state index in [1.807, 2.05) is 58.9 Å². The van der Waals surface area contributed by atoms with E-state index >= 15 is 0 Å². The molecule has 9 heteroatoms. The fourth-order valence-electron chi connectivity index (χ4n) is 5.85. The van der Waals surface area contributed by atoms with Gasteiger partial charge in [-0.1, -0.05) is 6.07 Å². The summed E-state index contributed by atoms with van der Waals surface area (Å²) in [6.07, 6.45) is 2.44. The van der Waals surface area contributed by atoms with E-state index < -0.39 is 29.4 Å². The summed E-state index contributed by atoms with van der Waals surface area (Å²) in [6.45, 7) is 9.19. The molecule has 3 aliphatic rings. The number of carbonyl (C=O) groups excluding carboxylic acids is 3. The summed E-state index contributed by atoms with van der Waals surface area (Å²) in [5.74, 6) is -0.520. The Morgan fingerprint density at radius 2 is 2.03 bits per heavy atom. The van der Waals surface area contributed by atoms with Crippen molar-refractivity contribution in [1.82, 2.24) is 10.2 Å². The van der Waals surface area contributed by atoms with E-state index in [1.54, 1.807) is 22.3 Å². The van der Waals surface area contributed by atoms with Gasteiger partial charge in [0.25, 0.3) is 0 Å². The summed E-state index contributed by atoms with van der Waals surface area (Å²) in [6, 6.07) is 10.5. The van der Waals surface area contributed by atoms with E-state index in [0.29, 0.717) is 12.0 Å². The van der Waals surface area contributed by atoms with Crippen LogP contribution in [0.3, 0.4) is 0 Å². The van der Waals surface area contributed by atoms with Gasteiger partial charge < -0.3 is 14.8 Å². The molecule has 2 fully saturated rings. The summed E-state index contributed by atoms with van der Waals surface area (Å²) >= 11 is 1.55. The Hall–Kier alpha value is -3.38. The number of likely N-dealkylation sites (tertiary alicyclic amines) is 1. The molecule has 1 saturated carbocycles. The highest BCUT2D eigenvalue weighted by Crippen LogP contribution is 2.43. The van der Waals surface area contributed by atoms with Crippen molar-refractivity contribution >= 4 is 29.3 Å². The quantitative estimate of drug-likeness (QED) is 0.530. The molecule has 5 rings (SSSR count). The van der Waals surface area contributed by atoms with Crippen LogP contribution in [0.5, 0.6) is 0 Å². The third kappa shape index (κ3) is 4.90. The van der Waals surface area contributed by atoms with E-state index in [4.69, 9.17) is 9.47 Å². The van der Waals surface area contributed by atoms with Crippen LogP contribution >= 0.6 is 11.3 Å². The number of nitriles is 1. The second kappa shape index (κ2) is 9.42. The molecule has 4 atom stereocenters. The lowest BCUT2D eigenvalue weighted by atomic mass is 9.94. The number of hydrogen-bond donors (Lipinski definition) is 1. The van der Waals surface area contributed by atoms with E-state index in [2.05, 4.69) is 11.4 Å². The molecular formula is C29H33N3O5S. The number of nitrogens with zero attached hydrogens (tertiary/aromatic N) is 2. The number of benzene rings is 1. The molecule has 2 amide bonds. The summed E-state index contributed by atoms with van der Waals surface area (Å²) in [5, 5.41) is 12.7. The molecule has 2 aliphatic heterocycles. The SMILES string of the molecule is CC(C)(C)OC(=O)N1C2CCC(C2)[C@H]1C(=O)N[C@H](C#N)Cc1ccc(-c2ccc3c(c2)C(C)(C)OC3=O)s1. The van der Waals surface area contributed by atoms with Crippen LogP contribution in [0, 0.1) is 17.2 Å². The Morgan fingerprint density at radius 3 is 2.74 bits per heavy atom. The number of thiophene rings is 1. The fraction of sp³-hybridized carbons (Fsp3) is 0.517. The van der Waals surface area contributed by atoms with Crippen LogP contribution in [0.1, 0.15) is 74.7 Å². The van der Waals surface area contributed by atoms with E-state index in [9.17, 15) is 19.6 Å². The lowest BCUT2D eigenvalue weighted by Gasteiger charge is -2.35. The molecule has 38 heavy (non-hydrogen) atoms. The van der Waals surface area contributed by atoms with Crippen molar-refractivity contribution in [3.63, 3.8) is 0 Å². The Kier molecular flexibility index (Phi) is 6.50. The minimum atomic E-state index is -0.724. The second-order valence-corrected chi connectivity index (χ2v) is 13.0. The van der Waals surface area contributed by atoms with Gasteiger partial charge in [-0.2, -0.15) is 5.26 Å². The second-order valence-electron chi connectivity index (χ2n) is 11.9. The minimum absolute atomic E-state index is 0.00369. The molecule has 1 saturated heterocycles. The summed E-state index contributed by atoms with van der Waals surface area (Å²) in [4.78, 5) is 41.9. The minimum Gasteiger partial charge on any atom is -0.451 e. The maximum Gasteiger partial charge on any atom is 0.411 e. The third-order valence-electron chi connectivity index (χ3n) is 7.52. The van der Waals surface area contributed by atoms with Gasteiger partial charge in [-0.05, 0) is 89.6 Å². The molecule has 1 aromatic carbocycles. The summed E-state index contributed by atoms with van der Waals surface area (Å²) in [5.41, 5.74) is 1.09. The van der Waals surface area contributed by atoms with Crippen LogP contribution in [0.2, 0.25) is 0 Å². The standard InChI is InChI=1S/C29H33N3O5S/c1-28(2,3)37-27(35)32-19-8-6-17(12-19)24(32)25(33)31-18(15-30)14-20-9-11-23(38-20)16-7-10-21-22(13-16)29(4,5)36-26(21)34/h7,9-11,13,17-19,24H,6,8,12,14H2,1-5H3,(H,31,33)/t17?,18-,19?,24-/m0/s1. The van der Waals surface area contributed by atoms with Crippen molar-refractivity contribution in [1.29, 1.82) is 5.26 Å². The molecule has 2 bridgehead atoms. The number of nitrogens with one attached hydrogen (secondary N) is 1. The Morgan fingerprint density at radius 1 is 1.26 bits per heavy atom. The molecular weight excluding hydrogens is 502 g/mol. The van der Waals surface area contributed by atoms with E-state index in [1.165, 1.54) is 0 Å². The van der Waals surface area contributed by atoms with Crippen molar-refractivity contribution in [2.24, 2.45) is 5.92 Å². The molecule has 0 radical (unpaired) electrons. The van der Waals surface area contributed by atoms with E-state index in [-0.39, 0.29) is 23.8 Å². The van der Waals surface area contributed by atoms with Gasteiger partial charge >= 0.3 is 12.1 Å². The number of hydrogen-bond acceptors (Lipinski definition) is 7. The largest absolute Gasteiger partial charge is 0.451 e. The average molecular weight is 536 g/mol. The van der Waals surface area contributed by atoms with E-state index in [0.717, 1.165) is 40.1 Å². The number of piperidine rings is 1. The molecule has 8 nitrogen and oxygen atoms in total. The Bertz CT molecular complexity index is 1330. The number of ether oxygens (including phenoxy) is 2. The number of cyclic esters (lactones) is 1. The molecule has 1 aliphatic carbocycles. The highest BCUT2D eigenvalue weighted by atomic mass is 32.1. The Labute approximate surface area is 226 Å². The van der Waals surface area contributed by atoms with Crippen LogP contribution in [0.25, 0.3) is 10.4 Å². The van der Waals surface area contributed by atoms with Crippen molar-refractivity contribution in [3.05, 3.63) is 46.3 Å². The van der Waals surface area contributed by atoms with Crippen molar-refractivity contribution in [2.45, 2.75) is 89.6 Å². The van der Waals surface area contributed by atoms with Gasteiger partial charge in [-0.25, -0.2) is 9.59 Å². The van der Waals surface area contributed by atoms with Crippen LogP contribution in [0.4, 0.5) is 4.79 Å². The first-order valence-corrected chi connectivity index (χ1v) is 13.9. The molecule has 1 aromatic heterocycles. The normalized spacial score (nSPS) is 23.9. The van der Waals surface area contributed by atoms with Gasteiger partial charge in [-0.15, -0.1) is 11.3 Å². The third-order valence-corrected chi connectivity index (χ3v) is 8.67. The predicted molar refractivity (Wildman–Crippen MR) is 142 cm³/mol. The Balaban J connectivity index is 1.28. The first kappa shape index (κ1) is 26.2. The smallest absolute Gasteiger partial charge is 0.411 e. The molecule has 200 valence electrons. The van der Waals surface area contributed by atoms with Gasteiger partial charge in [0.1, 0.15) is 23.3 Å². The predicted octanol–water partition coefficient (Wildman–Crippen LogP) is 5.16. The van der Waals surface area contributed by atoms with Crippen LogP contribution in [-0.4, -0.2) is 46.6 Å². The zero-order valence-corrected chi connectivity index (χ0v) is 23.2. The number of fused-ring (bicyclic) bond motifs is 3. The first-order valence-electron chi connectivity index (χ1n) is 13.0. The number of amides is 2. The maximum absolute atomic E-state index is 13.4. The molecule has 2 unspecified atom stereocenters. The highest BCUT2D eigenvalue weighted by Gasteiger charge is 2.52. The lowest BCUT2D eigenvalue weighted by molar-refractivity contribution is -0.128. The molecule has 3 heterocycles. The van der Waals surface area contributed by atoms with Crippen LogP contribution in [-0.2, 0) is 26.3 Å². The van der Waals surface area contributed by atoms with Crippen molar-refractivity contribution in [3.8, 4) is 16.5 Å². The average Bonchev–Trinajstić information content (AvgIpc) is 3.61. The summed E-state index contributed by atoms with van der Waals surface area (Å²) < 4.78 is 11.1. The topological polar surface area (TPSA) is 109 Å². The monoisotopic (exact) mass is 535 g/mol. The van der Waals surface area contributed by atoms with Crippen molar-refractivity contribution < 1.29 is 23.9 Å². The lowest BCUT2D eigenvalue weighted by Crippen LogP contribution is -2.55.